The first-order valence-corrected chi connectivity index (χ1v) is 6.79. The van der Waals surface area contributed by atoms with Gasteiger partial charge in [-0.05, 0) is 32.4 Å². The van der Waals surface area contributed by atoms with Crippen LogP contribution in [0.5, 0.6) is 11.5 Å². The van der Waals surface area contributed by atoms with E-state index in [1.165, 1.54) is 0 Å². The Morgan fingerprint density at radius 1 is 1.40 bits per heavy atom. The molecule has 20 heavy (non-hydrogen) atoms. The van der Waals surface area contributed by atoms with Crippen LogP contribution in [0.2, 0.25) is 0 Å². The molecular formula is C15H21NO4. The second kappa shape index (κ2) is 6.13. The van der Waals surface area contributed by atoms with E-state index in [-0.39, 0.29) is 6.04 Å². The molecule has 110 valence electrons. The Morgan fingerprint density at radius 3 is 2.75 bits per heavy atom. The lowest BCUT2D eigenvalue weighted by molar-refractivity contribution is -0.142. The van der Waals surface area contributed by atoms with Gasteiger partial charge in [-0.2, -0.15) is 0 Å². The number of hydrogen-bond donors (Lipinski definition) is 1. The molecule has 0 bridgehead atoms. The molecule has 1 aromatic carbocycles. The first-order valence-electron chi connectivity index (χ1n) is 6.79. The van der Waals surface area contributed by atoms with E-state index >= 15 is 0 Å². The smallest absolute Gasteiger partial charge is 0.320 e. The average Bonchev–Trinajstić information content (AvgIpc) is 2.95. The maximum atomic E-state index is 11.3. The molecule has 2 unspecified atom stereocenters. The monoisotopic (exact) mass is 279 g/mol. The lowest BCUT2D eigenvalue weighted by Crippen LogP contribution is -2.37. The first kappa shape index (κ1) is 14.7. The van der Waals surface area contributed by atoms with E-state index < -0.39 is 12.0 Å². The van der Waals surface area contributed by atoms with Crippen molar-refractivity contribution in [1.29, 1.82) is 0 Å². The largest absolute Gasteiger partial charge is 0.497 e. The third-order valence-electron chi connectivity index (χ3n) is 3.97. The summed E-state index contributed by atoms with van der Waals surface area (Å²) in [5.41, 5.74) is 0.987. The Labute approximate surface area is 119 Å². The summed E-state index contributed by atoms with van der Waals surface area (Å²) >= 11 is 0. The molecule has 1 saturated heterocycles. The van der Waals surface area contributed by atoms with Crippen LogP contribution in [0.15, 0.2) is 18.2 Å². The van der Waals surface area contributed by atoms with Crippen LogP contribution in [-0.4, -0.2) is 42.8 Å². The molecule has 1 N–H and O–H groups in total. The van der Waals surface area contributed by atoms with Crippen LogP contribution in [0.3, 0.4) is 0 Å². The lowest BCUT2D eigenvalue weighted by atomic mass is 10.0. The highest BCUT2D eigenvalue weighted by Gasteiger charge is 2.34. The molecule has 0 radical (unpaired) electrons. The van der Waals surface area contributed by atoms with Crippen molar-refractivity contribution in [2.24, 2.45) is 0 Å². The average molecular weight is 279 g/mol. The minimum Gasteiger partial charge on any atom is -0.497 e. The van der Waals surface area contributed by atoms with Crippen LogP contribution in [0.4, 0.5) is 0 Å². The zero-order chi connectivity index (χ0) is 14.7. The molecule has 2 rings (SSSR count). The van der Waals surface area contributed by atoms with Crippen molar-refractivity contribution >= 4 is 5.97 Å². The zero-order valence-electron chi connectivity index (χ0n) is 12.1. The summed E-state index contributed by atoms with van der Waals surface area (Å²) in [6.07, 6.45) is 1.62. The number of methoxy groups -OCH3 is 2. The maximum absolute atomic E-state index is 11.3. The topological polar surface area (TPSA) is 59.0 Å². The third kappa shape index (κ3) is 2.72. The van der Waals surface area contributed by atoms with Gasteiger partial charge < -0.3 is 14.6 Å². The molecule has 0 saturated carbocycles. The highest BCUT2D eigenvalue weighted by molar-refractivity contribution is 5.74. The van der Waals surface area contributed by atoms with Gasteiger partial charge in [0.25, 0.3) is 0 Å². The van der Waals surface area contributed by atoms with Gasteiger partial charge in [-0.3, -0.25) is 9.69 Å². The Kier molecular flexibility index (Phi) is 4.49. The number of likely N-dealkylation sites (tertiary alicyclic amines) is 1. The molecule has 1 fully saturated rings. The van der Waals surface area contributed by atoms with E-state index in [1.807, 2.05) is 30.0 Å². The molecule has 1 heterocycles. The molecule has 2 atom stereocenters. The molecule has 0 aromatic heterocycles. The van der Waals surface area contributed by atoms with Gasteiger partial charge in [0, 0.05) is 17.7 Å². The fraction of sp³-hybridized carbons (Fsp3) is 0.533. The molecule has 5 heteroatoms. The number of nitrogens with zero attached hydrogens (tertiary/aromatic N) is 1. The van der Waals surface area contributed by atoms with Crippen LogP contribution in [-0.2, 0) is 4.79 Å². The second-order valence-electron chi connectivity index (χ2n) is 5.02. The van der Waals surface area contributed by atoms with Gasteiger partial charge in [-0.1, -0.05) is 6.07 Å². The number of ether oxygens (including phenoxy) is 2. The lowest BCUT2D eigenvalue weighted by Gasteiger charge is -2.29. The number of carboxylic acids is 1. The number of carbonyl (C=O) groups is 1. The highest BCUT2D eigenvalue weighted by atomic mass is 16.5. The van der Waals surface area contributed by atoms with Crippen molar-refractivity contribution in [3.8, 4) is 11.5 Å². The number of aliphatic carboxylic acids is 1. The van der Waals surface area contributed by atoms with Gasteiger partial charge in [0.1, 0.15) is 17.5 Å². The number of hydrogen-bond acceptors (Lipinski definition) is 4. The Hall–Kier alpha value is -1.75. The van der Waals surface area contributed by atoms with Gasteiger partial charge in [-0.15, -0.1) is 0 Å². The van der Waals surface area contributed by atoms with Gasteiger partial charge in [0.15, 0.2) is 0 Å². The summed E-state index contributed by atoms with van der Waals surface area (Å²) in [7, 11) is 3.22. The Bertz CT molecular complexity index is 489. The first-order chi connectivity index (χ1) is 9.58. The molecule has 5 nitrogen and oxygen atoms in total. The standard InChI is InChI=1S/C15H21NO4/c1-10(16-8-4-5-13(16)15(17)18)12-7-6-11(19-2)9-14(12)20-3/h6-7,9-10,13H,4-5,8H2,1-3H3,(H,17,18). The fourth-order valence-electron chi connectivity index (χ4n) is 2.86. The predicted molar refractivity (Wildman–Crippen MR) is 75.3 cm³/mol. The summed E-state index contributed by atoms with van der Waals surface area (Å²) in [6.45, 7) is 2.82. The van der Waals surface area contributed by atoms with Crippen LogP contribution in [0.25, 0.3) is 0 Å². The van der Waals surface area contributed by atoms with Crippen LogP contribution >= 0.6 is 0 Å². The van der Waals surface area contributed by atoms with Crippen molar-refractivity contribution in [3.05, 3.63) is 23.8 Å². The number of carboxylic acid groups (broad SMARTS) is 1. The Morgan fingerprint density at radius 2 is 2.15 bits per heavy atom. The highest BCUT2D eigenvalue weighted by Crippen LogP contribution is 2.35. The Balaban J connectivity index is 2.28. The normalized spacial score (nSPS) is 20.6. The zero-order valence-corrected chi connectivity index (χ0v) is 12.1. The predicted octanol–water partition coefficient (Wildman–Crippen LogP) is 2.31. The van der Waals surface area contributed by atoms with Crippen LogP contribution in [0, 0.1) is 0 Å². The summed E-state index contributed by atoms with van der Waals surface area (Å²) < 4.78 is 10.6. The summed E-state index contributed by atoms with van der Waals surface area (Å²) in [6, 6.07) is 5.24. The van der Waals surface area contributed by atoms with Crippen LogP contribution < -0.4 is 9.47 Å². The summed E-state index contributed by atoms with van der Waals surface area (Å²) in [5, 5.41) is 9.30. The molecule has 1 aromatic rings. The molecule has 0 amide bonds. The SMILES string of the molecule is COc1ccc(C(C)N2CCCC2C(=O)O)c(OC)c1. The molecule has 1 aliphatic rings. The minimum atomic E-state index is -0.748. The molecule has 1 aliphatic heterocycles. The van der Waals surface area contributed by atoms with Crippen molar-refractivity contribution in [3.63, 3.8) is 0 Å². The van der Waals surface area contributed by atoms with Gasteiger partial charge in [-0.25, -0.2) is 0 Å². The molecular weight excluding hydrogens is 258 g/mol. The van der Waals surface area contributed by atoms with Gasteiger partial charge in [0.05, 0.1) is 14.2 Å². The van der Waals surface area contributed by atoms with Crippen molar-refractivity contribution < 1.29 is 19.4 Å². The van der Waals surface area contributed by atoms with E-state index in [0.29, 0.717) is 6.42 Å². The van der Waals surface area contributed by atoms with E-state index in [4.69, 9.17) is 9.47 Å². The van der Waals surface area contributed by atoms with Gasteiger partial charge in [0.2, 0.25) is 0 Å². The van der Waals surface area contributed by atoms with E-state index in [2.05, 4.69) is 0 Å². The second-order valence-corrected chi connectivity index (χ2v) is 5.02. The summed E-state index contributed by atoms with van der Waals surface area (Å²) in [4.78, 5) is 13.3. The minimum absolute atomic E-state index is 0.000504. The van der Waals surface area contributed by atoms with E-state index in [1.54, 1.807) is 14.2 Å². The van der Waals surface area contributed by atoms with Gasteiger partial charge >= 0.3 is 5.97 Å². The summed E-state index contributed by atoms with van der Waals surface area (Å²) in [5.74, 6) is 0.712. The fourth-order valence-corrected chi connectivity index (χ4v) is 2.86. The number of benzene rings is 1. The van der Waals surface area contributed by atoms with Crippen molar-refractivity contribution in [2.75, 3.05) is 20.8 Å². The number of rotatable bonds is 5. The van der Waals surface area contributed by atoms with Crippen LogP contribution in [0.1, 0.15) is 31.4 Å². The van der Waals surface area contributed by atoms with Crippen molar-refractivity contribution in [2.45, 2.75) is 31.8 Å². The van der Waals surface area contributed by atoms with Crippen molar-refractivity contribution in [1.82, 2.24) is 4.90 Å². The quantitative estimate of drug-likeness (QED) is 0.896. The molecule has 0 aliphatic carbocycles. The van der Waals surface area contributed by atoms with E-state index in [9.17, 15) is 9.90 Å². The third-order valence-corrected chi connectivity index (χ3v) is 3.97. The maximum Gasteiger partial charge on any atom is 0.320 e. The molecule has 0 spiro atoms. The van der Waals surface area contributed by atoms with E-state index in [0.717, 1.165) is 30.0 Å².